The van der Waals surface area contributed by atoms with Crippen LogP contribution in [0.5, 0.6) is 0 Å². The number of hydrogen-bond donors (Lipinski definition) is 1. The van der Waals surface area contributed by atoms with Gasteiger partial charge < -0.3 is 5.32 Å². The van der Waals surface area contributed by atoms with Gasteiger partial charge in [-0.25, -0.2) is 8.42 Å². The fraction of sp³-hybridized carbons (Fsp3) is 0.278. The number of amides is 1. The summed E-state index contributed by atoms with van der Waals surface area (Å²) in [5.41, 5.74) is 1.55. The van der Waals surface area contributed by atoms with Crippen molar-refractivity contribution < 1.29 is 13.2 Å². The number of benzene rings is 2. The van der Waals surface area contributed by atoms with Crippen molar-refractivity contribution in [2.24, 2.45) is 0 Å². The van der Waals surface area contributed by atoms with Crippen molar-refractivity contribution in [1.29, 1.82) is 0 Å². The third-order valence-corrected chi connectivity index (χ3v) is 6.23. The normalized spacial score (nSPS) is 11.2. The van der Waals surface area contributed by atoms with Crippen LogP contribution >= 0.6 is 35.0 Å². The van der Waals surface area contributed by atoms with Crippen LogP contribution in [0.4, 0.5) is 5.69 Å². The van der Waals surface area contributed by atoms with Crippen molar-refractivity contribution in [3.05, 3.63) is 64.1 Å². The number of sulfonamides is 1. The molecule has 2 aromatic rings. The second-order valence-electron chi connectivity index (χ2n) is 5.78. The van der Waals surface area contributed by atoms with Crippen LogP contribution in [-0.2, 0) is 20.6 Å². The first-order valence-corrected chi connectivity index (χ1v) is 11.8. The Kier molecular flexibility index (Phi) is 8.28. The van der Waals surface area contributed by atoms with Crippen molar-refractivity contribution in [2.75, 3.05) is 29.4 Å². The SMILES string of the molecule is CS(=O)(=O)N(CC(=O)NCCSCc1ccc(Cl)cc1)c1ccc(Cl)cc1. The summed E-state index contributed by atoms with van der Waals surface area (Å²) in [4.78, 5) is 12.1. The molecule has 9 heteroatoms. The lowest BCUT2D eigenvalue weighted by Gasteiger charge is -2.21. The van der Waals surface area contributed by atoms with Gasteiger partial charge in [0.05, 0.1) is 11.9 Å². The van der Waals surface area contributed by atoms with E-state index >= 15 is 0 Å². The maximum atomic E-state index is 12.1. The Morgan fingerprint density at radius 1 is 1.04 bits per heavy atom. The van der Waals surface area contributed by atoms with E-state index in [1.807, 2.05) is 24.3 Å². The van der Waals surface area contributed by atoms with E-state index < -0.39 is 10.0 Å². The summed E-state index contributed by atoms with van der Waals surface area (Å²) in [7, 11) is -3.59. The van der Waals surface area contributed by atoms with E-state index in [1.165, 1.54) is 0 Å². The van der Waals surface area contributed by atoms with Gasteiger partial charge in [0, 0.05) is 28.1 Å². The molecule has 0 saturated carbocycles. The van der Waals surface area contributed by atoms with Crippen molar-refractivity contribution in [3.8, 4) is 0 Å². The molecule has 0 aliphatic rings. The minimum atomic E-state index is -3.59. The van der Waals surface area contributed by atoms with Gasteiger partial charge in [0.15, 0.2) is 0 Å². The lowest BCUT2D eigenvalue weighted by molar-refractivity contribution is -0.119. The summed E-state index contributed by atoms with van der Waals surface area (Å²) in [5.74, 6) is 1.17. The number of hydrogen-bond acceptors (Lipinski definition) is 4. The molecule has 0 saturated heterocycles. The molecular formula is C18H20Cl2N2O3S2. The number of nitrogens with zero attached hydrogens (tertiary/aromatic N) is 1. The van der Waals surface area contributed by atoms with Gasteiger partial charge in [-0.2, -0.15) is 11.8 Å². The fourth-order valence-electron chi connectivity index (χ4n) is 2.23. The Morgan fingerprint density at radius 2 is 1.59 bits per heavy atom. The number of carbonyl (C=O) groups excluding carboxylic acids is 1. The summed E-state index contributed by atoms with van der Waals surface area (Å²) >= 11 is 13.4. The largest absolute Gasteiger partial charge is 0.354 e. The van der Waals surface area contributed by atoms with Crippen LogP contribution in [-0.4, -0.2) is 39.4 Å². The molecule has 146 valence electrons. The molecule has 2 aromatic carbocycles. The Balaban J connectivity index is 1.80. The first-order chi connectivity index (χ1) is 12.8. The molecule has 0 aliphatic carbocycles. The Hall–Kier alpha value is -1.41. The van der Waals surface area contributed by atoms with Crippen molar-refractivity contribution in [2.45, 2.75) is 5.75 Å². The second-order valence-corrected chi connectivity index (χ2v) is 9.66. The van der Waals surface area contributed by atoms with Crippen LogP contribution in [0.2, 0.25) is 10.0 Å². The van der Waals surface area contributed by atoms with Gasteiger partial charge >= 0.3 is 0 Å². The molecule has 1 amide bonds. The highest BCUT2D eigenvalue weighted by atomic mass is 35.5. The summed E-state index contributed by atoms with van der Waals surface area (Å²) in [6.07, 6.45) is 1.07. The maximum Gasteiger partial charge on any atom is 0.240 e. The number of halogens is 2. The van der Waals surface area contributed by atoms with Gasteiger partial charge in [0.1, 0.15) is 6.54 Å². The van der Waals surface area contributed by atoms with Gasteiger partial charge in [-0.15, -0.1) is 0 Å². The number of thioether (sulfide) groups is 1. The van der Waals surface area contributed by atoms with E-state index in [9.17, 15) is 13.2 Å². The lowest BCUT2D eigenvalue weighted by atomic mass is 10.2. The molecule has 0 fully saturated rings. The average Bonchev–Trinajstić information content (AvgIpc) is 2.61. The van der Waals surface area contributed by atoms with Crippen LogP contribution in [0.1, 0.15) is 5.56 Å². The number of anilines is 1. The predicted molar refractivity (Wildman–Crippen MR) is 114 cm³/mol. The summed E-state index contributed by atoms with van der Waals surface area (Å²) in [6.45, 7) is 0.178. The van der Waals surface area contributed by atoms with E-state index in [-0.39, 0.29) is 12.5 Å². The van der Waals surface area contributed by atoms with Gasteiger partial charge in [-0.05, 0) is 42.0 Å². The zero-order chi connectivity index (χ0) is 19.9. The Labute approximate surface area is 174 Å². The minimum Gasteiger partial charge on any atom is -0.354 e. The van der Waals surface area contributed by atoms with Crippen LogP contribution in [0.3, 0.4) is 0 Å². The molecule has 0 bridgehead atoms. The predicted octanol–water partition coefficient (Wildman–Crippen LogP) is 3.81. The zero-order valence-electron chi connectivity index (χ0n) is 14.7. The van der Waals surface area contributed by atoms with Gasteiger partial charge in [0.25, 0.3) is 0 Å². The third kappa shape index (κ3) is 7.62. The molecule has 0 atom stereocenters. The monoisotopic (exact) mass is 446 g/mol. The Bertz CT molecular complexity index is 857. The van der Waals surface area contributed by atoms with Crippen LogP contribution in [0.25, 0.3) is 0 Å². The fourth-order valence-corrected chi connectivity index (χ4v) is 4.15. The second kappa shape index (κ2) is 10.2. The molecular weight excluding hydrogens is 427 g/mol. The van der Waals surface area contributed by atoms with Crippen molar-refractivity contribution in [1.82, 2.24) is 5.32 Å². The van der Waals surface area contributed by atoms with Gasteiger partial charge in [-0.3, -0.25) is 9.10 Å². The molecule has 1 N–H and O–H groups in total. The topological polar surface area (TPSA) is 66.5 Å². The van der Waals surface area contributed by atoms with Crippen molar-refractivity contribution in [3.63, 3.8) is 0 Å². The molecule has 5 nitrogen and oxygen atoms in total. The highest BCUT2D eigenvalue weighted by Gasteiger charge is 2.20. The molecule has 0 aliphatic heterocycles. The highest BCUT2D eigenvalue weighted by Crippen LogP contribution is 2.20. The molecule has 2 rings (SSSR count). The molecule has 0 aromatic heterocycles. The van der Waals surface area contributed by atoms with Gasteiger partial charge in [0.2, 0.25) is 15.9 Å². The quantitative estimate of drug-likeness (QED) is 0.594. The summed E-state index contributed by atoms with van der Waals surface area (Å²) in [5, 5.41) is 3.94. The first kappa shape index (κ1) is 21.9. The maximum absolute atomic E-state index is 12.1. The summed E-state index contributed by atoms with van der Waals surface area (Å²) < 4.78 is 25.1. The molecule has 0 radical (unpaired) electrons. The zero-order valence-corrected chi connectivity index (χ0v) is 17.8. The summed E-state index contributed by atoms with van der Waals surface area (Å²) in [6, 6.07) is 13.9. The number of carbonyl (C=O) groups is 1. The Morgan fingerprint density at radius 3 is 2.15 bits per heavy atom. The van der Waals surface area contributed by atoms with Gasteiger partial charge in [-0.1, -0.05) is 35.3 Å². The van der Waals surface area contributed by atoms with Crippen LogP contribution in [0, 0.1) is 0 Å². The van der Waals surface area contributed by atoms with Crippen LogP contribution in [0.15, 0.2) is 48.5 Å². The third-order valence-electron chi connectivity index (χ3n) is 3.55. The average molecular weight is 447 g/mol. The van der Waals surface area contributed by atoms with E-state index in [0.29, 0.717) is 28.0 Å². The minimum absolute atomic E-state index is 0.275. The number of rotatable bonds is 9. The molecule has 0 unspecified atom stereocenters. The van der Waals surface area contributed by atoms with E-state index in [0.717, 1.165) is 21.9 Å². The molecule has 27 heavy (non-hydrogen) atoms. The van der Waals surface area contributed by atoms with E-state index in [4.69, 9.17) is 23.2 Å². The molecule has 0 heterocycles. The smallest absolute Gasteiger partial charge is 0.240 e. The lowest BCUT2D eigenvalue weighted by Crippen LogP contribution is -2.41. The first-order valence-electron chi connectivity index (χ1n) is 8.08. The highest BCUT2D eigenvalue weighted by molar-refractivity contribution is 7.98. The number of nitrogens with one attached hydrogen (secondary N) is 1. The van der Waals surface area contributed by atoms with Crippen LogP contribution < -0.4 is 9.62 Å². The molecule has 0 spiro atoms. The standard InChI is InChI=1S/C18H20Cl2N2O3S2/c1-27(24,25)22(17-8-6-16(20)7-9-17)12-18(23)21-10-11-26-13-14-2-4-15(19)5-3-14/h2-9H,10-13H2,1H3,(H,21,23). The van der Waals surface area contributed by atoms with E-state index in [2.05, 4.69) is 5.32 Å². The van der Waals surface area contributed by atoms with E-state index in [1.54, 1.807) is 36.0 Å². The van der Waals surface area contributed by atoms with Crippen molar-refractivity contribution >= 4 is 56.6 Å².